The van der Waals surface area contributed by atoms with E-state index in [0.29, 0.717) is 17.8 Å². The molecule has 4 saturated carbocycles. The van der Waals surface area contributed by atoms with Gasteiger partial charge in [-0.15, -0.1) is 0 Å². The van der Waals surface area contributed by atoms with E-state index in [1.165, 1.54) is 6.42 Å². The Hall–Kier alpha value is -0.380. The summed E-state index contributed by atoms with van der Waals surface area (Å²) >= 11 is 0. The van der Waals surface area contributed by atoms with Crippen LogP contribution in [0.2, 0.25) is 0 Å². The van der Waals surface area contributed by atoms with Crippen LogP contribution in [0.15, 0.2) is 12.2 Å². The highest BCUT2D eigenvalue weighted by Crippen LogP contribution is 2.71. The molecule has 0 amide bonds. The Morgan fingerprint density at radius 1 is 1.04 bits per heavy atom. The highest BCUT2D eigenvalue weighted by molar-refractivity contribution is 5.27. The van der Waals surface area contributed by atoms with Gasteiger partial charge in [0.15, 0.2) is 0 Å². The van der Waals surface area contributed by atoms with Crippen LogP contribution in [-0.4, -0.2) is 34.1 Å². The van der Waals surface area contributed by atoms with Crippen LogP contribution in [-0.2, 0) is 0 Å². The molecule has 0 saturated heterocycles. The molecule has 0 aromatic heterocycles. The lowest BCUT2D eigenvalue weighted by Gasteiger charge is -2.65. The summed E-state index contributed by atoms with van der Waals surface area (Å²) in [5.41, 5.74) is 0.817. The summed E-state index contributed by atoms with van der Waals surface area (Å²) in [7, 11) is 0. The van der Waals surface area contributed by atoms with Crippen molar-refractivity contribution in [3.8, 4) is 0 Å². The van der Waals surface area contributed by atoms with Crippen LogP contribution in [0.25, 0.3) is 0 Å². The molecule has 4 fully saturated rings. The van der Waals surface area contributed by atoms with Gasteiger partial charge in [-0.3, -0.25) is 0 Å². The van der Waals surface area contributed by atoms with E-state index in [-0.39, 0.29) is 23.5 Å². The minimum absolute atomic E-state index is 0.0178. The Labute approximate surface area is 139 Å². The van der Waals surface area contributed by atoms with Gasteiger partial charge in [0.2, 0.25) is 0 Å². The van der Waals surface area contributed by atoms with E-state index in [2.05, 4.69) is 20.4 Å². The fourth-order valence-electron chi connectivity index (χ4n) is 7.61. The smallest absolute Gasteiger partial charge is 0.0809 e. The van der Waals surface area contributed by atoms with Gasteiger partial charge >= 0.3 is 0 Å². The molecule has 8 atom stereocenters. The van der Waals surface area contributed by atoms with Crippen LogP contribution in [0.3, 0.4) is 0 Å². The van der Waals surface area contributed by atoms with Gasteiger partial charge in [0.1, 0.15) is 0 Å². The molecule has 23 heavy (non-hydrogen) atoms. The minimum Gasteiger partial charge on any atom is -0.396 e. The van der Waals surface area contributed by atoms with Crippen LogP contribution >= 0.6 is 0 Å². The lowest BCUT2D eigenvalue weighted by atomic mass is 9.40. The Morgan fingerprint density at radius 2 is 1.78 bits per heavy atom. The number of hydrogen-bond acceptors (Lipinski definition) is 3. The van der Waals surface area contributed by atoms with Crippen LogP contribution < -0.4 is 0 Å². The molecular weight excluding hydrogens is 288 g/mol. The molecule has 4 aliphatic carbocycles. The Bertz CT molecular complexity index is 531. The van der Waals surface area contributed by atoms with Crippen molar-refractivity contribution in [1.82, 2.24) is 0 Å². The third kappa shape index (κ3) is 1.77. The quantitative estimate of drug-likeness (QED) is 0.651. The van der Waals surface area contributed by atoms with E-state index in [1.807, 2.05) is 0 Å². The molecule has 4 rings (SSSR count). The number of rotatable bonds is 1. The Kier molecular flexibility index (Phi) is 3.38. The van der Waals surface area contributed by atoms with Gasteiger partial charge in [0, 0.05) is 10.8 Å². The van der Waals surface area contributed by atoms with Crippen molar-refractivity contribution in [3.05, 3.63) is 12.2 Å². The lowest BCUT2D eigenvalue weighted by molar-refractivity contribution is -0.209. The molecule has 3 heteroatoms. The maximum atomic E-state index is 11.0. The Balaban J connectivity index is 1.77. The number of hydrogen-bond donors (Lipinski definition) is 3. The topological polar surface area (TPSA) is 60.7 Å². The van der Waals surface area contributed by atoms with Gasteiger partial charge < -0.3 is 15.3 Å². The normalized spacial score (nSPS) is 58.7. The van der Waals surface area contributed by atoms with Crippen molar-refractivity contribution in [2.75, 3.05) is 6.61 Å². The van der Waals surface area contributed by atoms with E-state index < -0.39 is 11.5 Å². The zero-order valence-electron chi connectivity index (χ0n) is 14.6. The van der Waals surface area contributed by atoms with Crippen molar-refractivity contribution < 1.29 is 15.3 Å². The average molecular weight is 320 g/mol. The SMILES string of the molecule is C=C1[C@@H]2CC[C@H]3[C@]4(C)CC[C@H](O)[C@](C)(CO)[C@H]4CC[C@]3(C2)[C@H]1O. The summed E-state index contributed by atoms with van der Waals surface area (Å²) in [5.74, 6) is 1.36. The van der Waals surface area contributed by atoms with E-state index >= 15 is 0 Å². The first-order valence-corrected chi connectivity index (χ1v) is 9.45. The van der Waals surface area contributed by atoms with Crippen LogP contribution in [0.1, 0.15) is 58.8 Å². The predicted octanol–water partition coefficient (Wildman–Crippen LogP) is 2.89. The van der Waals surface area contributed by atoms with Crippen molar-refractivity contribution in [2.24, 2.45) is 34.0 Å². The van der Waals surface area contributed by atoms with Crippen molar-refractivity contribution in [3.63, 3.8) is 0 Å². The van der Waals surface area contributed by atoms with Crippen molar-refractivity contribution in [1.29, 1.82) is 0 Å². The van der Waals surface area contributed by atoms with Crippen molar-refractivity contribution >= 4 is 0 Å². The first-order valence-electron chi connectivity index (χ1n) is 9.45. The van der Waals surface area contributed by atoms with E-state index in [1.54, 1.807) is 0 Å². The lowest BCUT2D eigenvalue weighted by Crippen LogP contribution is -2.62. The molecule has 0 aliphatic heterocycles. The zero-order chi connectivity index (χ0) is 16.6. The summed E-state index contributed by atoms with van der Waals surface area (Å²) in [6, 6.07) is 0. The molecular formula is C20H32O3. The first-order chi connectivity index (χ1) is 10.8. The second kappa shape index (κ2) is 4.83. The molecule has 1 spiro atoms. The van der Waals surface area contributed by atoms with Gasteiger partial charge in [0.25, 0.3) is 0 Å². The van der Waals surface area contributed by atoms with Gasteiger partial charge in [-0.2, -0.15) is 0 Å². The second-order valence-corrected chi connectivity index (χ2v) is 9.56. The third-order valence-electron chi connectivity index (χ3n) is 8.89. The van der Waals surface area contributed by atoms with E-state index in [0.717, 1.165) is 44.1 Å². The van der Waals surface area contributed by atoms with Crippen molar-refractivity contribution in [2.45, 2.75) is 71.0 Å². The average Bonchev–Trinajstić information content (AvgIpc) is 2.72. The monoisotopic (exact) mass is 320 g/mol. The fraction of sp³-hybridized carbons (Fsp3) is 0.900. The van der Waals surface area contributed by atoms with E-state index in [9.17, 15) is 15.3 Å². The first kappa shape index (κ1) is 16.1. The summed E-state index contributed by atoms with van der Waals surface area (Å²) in [4.78, 5) is 0. The largest absolute Gasteiger partial charge is 0.396 e. The zero-order valence-corrected chi connectivity index (χ0v) is 14.6. The number of aliphatic hydroxyl groups excluding tert-OH is 3. The van der Waals surface area contributed by atoms with Gasteiger partial charge in [-0.25, -0.2) is 0 Å². The second-order valence-electron chi connectivity index (χ2n) is 9.56. The summed E-state index contributed by atoms with van der Waals surface area (Å²) in [5, 5.41) is 31.6. The number of fused-ring (bicyclic) bond motifs is 3. The molecule has 3 nitrogen and oxygen atoms in total. The molecule has 0 radical (unpaired) electrons. The fourth-order valence-corrected chi connectivity index (χ4v) is 7.61. The molecule has 4 aliphatic rings. The van der Waals surface area contributed by atoms with Gasteiger partial charge in [-0.05, 0) is 73.7 Å². The molecule has 2 bridgehead atoms. The Morgan fingerprint density at radius 3 is 2.48 bits per heavy atom. The van der Waals surface area contributed by atoms with E-state index in [4.69, 9.17) is 0 Å². The molecule has 3 N–H and O–H groups in total. The molecule has 130 valence electrons. The van der Waals surface area contributed by atoms with Crippen LogP contribution in [0.5, 0.6) is 0 Å². The standard InChI is InChI=1S/C20H32O3/c1-12-13-4-5-15-18(2)8-7-16(22)19(3,11-21)14(18)6-9-20(15,10-13)17(12)23/h13-17,21-23H,1,4-11H2,2-3H3/t13-,14+,15+,16+,17+,18-,19-,20-/m1/s1. The number of aliphatic hydroxyl groups is 3. The van der Waals surface area contributed by atoms with Gasteiger partial charge in [-0.1, -0.05) is 20.4 Å². The molecule has 0 heterocycles. The minimum atomic E-state index is -0.403. The molecule has 0 unspecified atom stereocenters. The predicted molar refractivity (Wildman–Crippen MR) is 89.7 cm³/mol. The third-order valence-corrected chi connectivity index (χ3v) is 8.89. The van der Waals surface area contributed by atoms with Crippen LogP contribution in [0, 0.1) is 34.0 Å². The maximum Gasteiger partial charge on any atom is 0.0809 e. The van der Waals surface area contributed by atoms with Crippen LogP contribution in [0.4, 0.5) is 0 Å². The van der Waals surface area contributed by atoms with Gasteiger partial charge in [0.05, 0.1) is 18.8 Å². The maximum absolute atomic E-state index is 11.0. The molecule has 0 aromatic rings. The summed E-state index contributed by atoms with van der Waals surface area (Å²) in [6.45, 7) is 8.74. The highest BCUT2D eigenvalue weighted by atomic mass is 16.3. The molecule has 0 aromatic carbocycles. The summed E-state index contributed by atoms with van der Waals surface area (Å²) < 4.78 is 0. The highest BCUT2D eigenvalue weighted by Gasteiger charge is 2.67. The summed E-state index contributed by atoms with van der Waals surface area (Å²) in [6.07, 6.45) is 6.52.